The molecule has 0 bridgehead atoms. The zero-order valence-electron chi connectivity index (χ0n) is 10.9. The van der Waals surface area contributed by atoms with Gasteiger partial charge in [0.25, 0.3) is 0 Å². The summed E-state index contributed by atoms with van der Waals surface area (Å²) in [5, 5.41) is 11.2. The fraction of sp³-hybridized carbons (Fsp3) is 0.818. The summed E-state index contributed by atoms with van der Waals surface area (Å²) in [5.74, 6) is -1.05. The maximum absolute atomic E-state index is 11.9. The highest BCUT2D eigenvalue weighted by atomic mass is 16.5. The highest BCUT2D eigenvalue weighted by molar-refractivity contribution is 5.82. The summed E-state index contributed by atoms with van der Waals surface area (Å²) < 4.78 is 4.93. The number of carboxylic acids is 1. The van der Waals surface area contributed by atoms with Gasteiger partial charge in [0.1, 0.15) is 6.04 Å². The topological polar surface area (TPSA) is 78.9 Å². The van der Waals surface area contributed by atoms with Crippen LogP contribution in [0.3, 0.4) is 0 Å². The highest BCUT2D eigenvalue weighted by Gasteiger charge is 2.22. The molecule has 0 saturated heterocycles. The molecule has 0 aromatic carbocycles. The fourth-order valence-corrected chi connectivity index (χ4v) is 1.26. The van der Waals surface area contributed by atoms with Gasteiger partial charge in [-0.15, -0.1) is 0 Å². The minimum absolute atomic E-state index is 0.0474. The number of methoxy groups -OCH3 is 1. The summed E-state index contributed by atoms with van der Waals surface area (Å²) in [6, 6.07) is -1.21. The lowest BCUT2D eigenvalue weighted by Gasteiger charge is -2.29. The van der Waals surface area contributed by atoms with Crippen LogP contribution < -0.4 is 5.32 Å². The molecule has 100 valence electrons. The van der Waals surface area contributed by atoms with E-state index >= 15 is 0 Å². The van der Waals surface area contributed by atoms with E-state index in [1.54, 1.807) is 12.0 Å². The number of aliphatic carboxylic acids is 1. The molecule has 0 aromatic heterocycles. The molecule has 0 radical (unpaired) electrons. The number of carbonyl (C=O) groups excluding carboxylic acids is 1. The van der Waals surface area contributed by atoms with E-state index in [2.05, 4.69) is 5.32 Å². The lowest BCUT2D eigenvalue weighted by Crippen LogP contribution is -2.50. The largest absolute Gasteiger partial charge is 0.480 e. The van der Waals surface area contributed by atoms with Gasteiger partial charge in [-0.3, -0.25) is 4.79 Å². The van der Waals surface area contributed by atoms with Gasteiger partial charge in [0, 0.05) is 19.7 Å². The van der Waals surface area contributed by atoms with E-state index in [9.17, 15) is 9.59 Å². The second-order valence-corrected chi connectivity index (χ2v) is 3.95. The molecule has 0 saturated carbocycles. The predicted octanol–water partition coefficient (Wildman–Crippen LogP) is 0.916. The number of carboxylic acid groups (broad SMARTS) is 1. The minimum atomic E-state index is -1.05. The Morgan fingerprint density at radius 1 is 1.41 bits per heavy atom. The first-order valence-electron chi connectivity index (χ1n) is 5.72. The lowest BCUT2D eigenvalue weighted by atomic mass is 10.2. The van der Waals surface area contributed by atoms with E-state index in [1.807, 2.05) is 13.8 Å². The van der Waals surface area contributed by atoms with Gasteiger partial charge in [-0.1, -0.05) is 6.92 Å². The quantitative estimate of drug-likeness (QED) is 0.700. The molecule has 2 amide bonds. The van der Waals surface area contributed by atoms with Crippen LogP contribution in [0.5, 0.6) is 0 Å². The average molecular weight is 246 g/mol. The van der Waals surface area contributed by atoms with Crippen molar-refractivity contribution in [2.24, 2.45) is 0 Å². The summed E-state index contributed by atoms with van der Waals surface area (Å²) >= 11 is 0. The number of hydrogen-bond acceptors (Lipinski definition) is 3. The van der Waals surface area contributed by atoms with Crippen molar-refractivity contribution >= 4 is 12.0 Å². The summed E-state index contributed by atoms with van der Waals surface area (Å²) in [5.41, 5.74) is 0. The van der Waals surface area contributed by atoms with Gasteiger partial charge in [0.05, 0.1) is 6.61 Å². The Bertz CT molecular complexity index is 258. The molecule has 2 atom stereocenters. The number of amides is 2. The molecule has 0 aliphatic carbocycles. The van der Waals surface area contributed by atoms with Crippen molar-refractivity contribution in [1.82, 2.24) is 10.2 Å². The number of carbonyl (C=O) groups is 2. The third-order valence-electron chi connectivity index (χ3n) is 2.63. The molecule has 0 spiro atoms. The molecule has 17 heavy (non-hydrogen) atoms. The second kappa shape index (κ2) is 7.89. The first kappa shape index (κ1) is 15.7. The summed E-state index contributed by atoms with van der Waals surface area (Å²) in [4.78, 5) is 24.1. The van der Waals surface area contributed by atoms with Crippen molar-refractivity contribution in [3.8, 4) is 0 Å². The number of rotatable bonds is 7. The molecular weight excluding hydrogens is 224 g/mol. The molecule has 0 fully saturated rings. The normalized spacial score (nSPS) is 13.9. The summed E-state index contributed by atoms with van der Waals surface area (Å²) in [6.07, 6.45) is 0.804. The van der Waals surface area contributed by atoms with Crippen LogP contribution >= 0.6 is 0 Å². The van der Waals surface area contributed by atoms with E-state index in [1.165, 1.54) is 6.92 Å². The fourth-order valence-electron chi connectivity index (χ4n) is 1.26. The molecule has 0 aliphatic heterocycles. The zero-order chi connectivity index (χ0) is 13.4. The maximum Gasteiger partial charge on any atom is 0.325 e. The molecule has 0 heterocycles. The van der Waals surface area contributed by atoms with Gasteiger partial charge < -0.3 is 20.1 Å². The van der Waals surface area contributed by atoms with E-state index in [-0.39, 0.29) is 12.1 Å². The first-order chi connectivity index (χ1) is 7.93. The standard InChI is InChI=1S/C11H22N2O4/c1-5-8(2)13(6-7-17-4)11(16)12-9(3)10(14)15/h8-9H,5-7H2,1-4H3,(H,12,16)(H,14,15)/t8?,9-/m0/s1. The maximum atomic E-state index is 11.9. The Balaban J connectivity index is 4.46. The Morgan fingerprint density at radius 3 is 2.41 bits per heavy atom. The van der Waals surface area contributed by atoms with Crippen LogP contribution in [0.1, 0.15) is 27.2 Å². The number of nitrogens with zero attached hydrogens (tertiary/aromatic N) is 1. The first-order valence-corrected chi connectivity index (χ1v) is 5.72. The van der Waals surface area contributed by atoms with E-state index in [4.69, 9.17) is 9.84 Å². The van der Waals surface area contributed by atoms with Crippen molar-refractivity contribution in [2.45, 2.75) is 39.3 Å². The Kier molecular flexibility index (Phi) is 7.29. The highest BCUT2D eigenvalue weighted by Crippen LogP contribution is 2.04. The van der Waals surface area contributed by atoms with E-state index in [0.29, 0.717) is 13.2 Å². The summed E-state index contributed by atoms with van der Waals surface area (Å²) in [6.45, 7) is 6.20. The number of urea groups is 1. The van der Waals surface area contributed by atoms with Crippen LogP contribution in [0.25, 0.3) is 0 Å². The third-order valence-corrected chi connectivity index (χ3v) is 2.63. The van der Waals surface area contributed by atoms with Gasteiger partial charge in [-0.2, -0.15) is 0 Å². The van der Waals surface area contributed by atoms with Crippen molar-refractivity contribution in [3.05, 3.63) is 0 Å². The number of hydrogen-bond donors (Lipinski definition) is 2. The summed E-state index contributed by atoms with van der Waals surface area (Å²) in [7, 11) is 1.56. The number of ether oxygens (including phenoxy) is 1. The SMILES string of the molecule is CCC(C)N(CCOC)C(=O)N[C@@H](C)C(=O)O. The smallest absolute Gasteiger partial charge is 0.325 e. The Labute approximate surface area is 102 Å². The van der Waals surface area contributed by atoms with Gasteiger partial charge in [-0.25, -0.2) is 4.79 Å². The molecule has 0 aromatic rings. The van der Waals surface area contributed by atoms with Crippen molar-refractivity contribution < 1.29 is 19.4 Å². The van der Waals surface area contributed by atoms with Gasteiger partial charge in [0.2, 0.25) is 0 Å². The van der Waals surface area contributed by atoms with Crippen LogP contribution in [-0.4, -0.2) is 54.4 Å². The van der Waals surface area contributed by atoms with Gasteiger partial charge in [0.15, 0.2) is 0 Å². The monoisotopic (exact) mass is 246 g/mol. The van der Waals surface area contributed by atoms with E-state index < -0.39 is 12.0 Å². The average Bonchev–Trinajstić information content (AvgIpc) is 2.28. The molecular formula is C11H22N2O4. The molecule has 0 rings (SSSR count). The Hall–Kier alpha value is -1.30. The lowest BCUT2D eigenvalue weighted by molar-refractivity contribution is -0.138. The van der Waals surface area contributed by atoms with Crippen LogP contribution in [0.15, 0.2) is 0 Å². The molecule has 1 unspecified atom stereocenters. The van der Waals surface area contributed by atoms with Crippen molar-refractivity contribution in [1.29, 1.82) is 0 Å². The van der Waals surface area contributed by atoms with Crippen LogP contribution in [-0.2, 0) is 9.53 Å². The third kappa shape index (κ3) is 5.53. The van der Waals surface area contributed by atoms with Gasteiger partial charge in [-0.05, 0) is 20.3 Å². The van der Waals surface area contributed by atoms with Gasteiger partial charge >= 0.3 is 12.0 Å². The molecule has 0 aliphatic rings. The van der Waals surface area contributed by atoms with Crippen LogP contribution in [0.2, 0.25) is 0 Å². The van der Waals surface area contributed by atoms with E-state index in [0.717, 1.165) is 6.42 Å². The minimum Gasteiger partial charge on any atom is -0.480 e. The van der Waals surface area contributed by atoms with Crippen molar-refractivity contribution in [3.63, 3.8) is 0 Å². The number of nitrogens with one attached hydrogen (secondary N) is 1. The molecule has 6 heteroatoms. The second-order valence-electron chi connectivity index (χ2n) is 3.95. The molecule has 6 nitrogen and oxygen atoms in total. The van der Waals surface area contributed by atoms with Crippen LogP contribution in [0.4, 0.5) is 4.79 Å². The predicted molar refractivity (Wildman–Crippen MR) is 64.0 cm³/mol. The zero-order valence-corrected chi connectivity index (χ0v) is 10.9. The van der Waals surface area contributed by atoms with Crippen molar-refractivity contribution in [2.75, 3.05) is 20.3 Å². The Morgan fingerprint density at radius 2 is 2.00 bits per heavy atom. The van der Waals surface area contributed by atoms with Crippen LogP contribution in [0, 0.1) is 0 Å². The molecule has 2 N–H and O–H groups in total.